The molecule has 0 aliphatic rings. The van der Waals surface area contributed by atoms with E-state index >= 15 is 0 Å². The summed E-state index contributed by atoms with van der Waals surface area (Å²) >= 11 is 5.72. The standard InChI is InChI=1S/C12H12ClFO3/c1-2-17-12(16)6-5-11(15)9-4-3-8(14)7-10(9)13/h3-4,7H,2,5-6H2,1H3. The van der Waals surface area contributed by atoms with Crippen molar-refractivity contribution < 1.29 is 18.7 Å². The topological polar surface area (TPSA) is 43.4 Å². The number of hydrogen-bond acceptors (Lipinski definition) is 3. The van der Waals surface area contributed by atoms with Gasteiger partial charge in [0.25, 0.3) is 0 Å². The van der Waals surface area contributed by atoms with E-state index in [-0.39, 0.29) is 35.8 Å². The second-order valence-electron chi connectivity index (χ2n) is 3.35. The van der Waals surface area contributed by atoms with Crippen molar-refractivity contribution in [3.05, 3.63) is 34.6 Å². The van der Waals surface area contributed by atoms with Gasteiger partial charge >= 0.3 is 5.97 Å². The van der Waals surface area contributed by atoms with Gasteiger partial charge in [-0.1, -0.05) is 11.6 Å². The lowest BCUT2D eigenvalue weighted by Crippen LogP contribution is -2.08. The molecular weight excluding hydrogens is 247 g/mol. The van der Waals surface area contributed by atoms with Crippen molar-refractivity contribution in [2.24, 2.45) is 0 Å². The minimum atomic E-state index is -0.503. The highest BCUT2D eigenvalue weighted by Crippen LogP contribution is 2.19. The normalized spacial score (nSPS) is 10.1. The van der Waals surface area contributed by atoms with Gasteiger partial charge in [-0.25, -0.2) is 4.39 Å². The Morgan fingerprint density at radius 1 is 1.35 bits per heavy atom. The lowest BCUT2D eigenvalue weighted by Gasteiger charge is -2.03. The van der Waals surface area contributed by atoms with Crippen LogP contribution in [0, 0.1) is 5.82 Å². The van der Waals surface area contributed by atoms with Gasteiger partial charge in [-0.05, 0) is 25.1 Å². The Hall–Kier alpha value is -1.42. The average Bonchev–Trinajstić information content (AvgIpc) is 2.26. The van der Waals surface area contributed by atoms with Gasteiger partial charge in [-0.2, -0.15) is 0 Å². The molecule has 0 spiro atoms. The molecule has 0 amide bonds. The summed E-state index contributed by atoms with van der Waals surface area (Å²) in [4.78, 5) is 22.7. The third-order valence-electron chi connectivity index (χ3n) is 2.09. The van der Waals surface area contributed by atoms with Gasteiger partial charge in [0.05, 0.1) is 18.1 Å². The molecule has 92 valence electrons. The van der Waals surface area contributed by atoms with Crippen LogP contribution in [0.5, 0.6) is 0 Å². The van der Waals surface area contributed by atoms with Crippen LogP contribution in [0.4, 0.5) is 4.39 Å². The predicted octanol–water partition coefficient (Wildman–Crippen LogP) is 3.01. The van der Waals surface area contributed by atoms with Crippen LogP contribution in [0.25, 0.3) is 0 Å². The molecule has 0 aliphatic heterocycles. The molecular formula is C12H12ClFO3. The smallest absolute Gasteiger partial charge is 0.306 e. The molecule has 1 aromatic carbocycles. The molecule has 0 bridgehead atoms. The molecule has 0 fully saturated rings. The predicted molar refractivity (Wildman–Crippen MR) is 61.6 cm³/mol. The quantitative estimate of drug-likeness (QED) is 0.602. The summed E-state index contributed by atoms with van der Waals surface area (Å²) in [6.45, 7) is 1.97. The zero-order valence-corrected chi connectivity index (χ0v) is 10.1. The summed E-state index contributed by atoms with van der Waals surface area (Å²) in [5, 5.41) is 0.0545. The molecule has 0 saturated heterocycles. The van der Waals surface area contributed by atoms with E-state index in [1.54, 1.807) is 6.92 Å². The number of esters is 1. The Balaban J connectivity index is 2.61. The maximum atomic E-state index is 12.8. The van der Waals surface area contributed by atoms with Crippen LogP contribution in [0.1, 0.15) is 30.1 Å². The fourth-order valence-corrected chi connectivity index (χ4v) is 1.57. The van der Waals surface area contributed by atoms with Crippen LogP contribution in [-0.4, -0.2) is 18.4 Å². The number of ketones is 1. The molecule has 1 rings (SSSR count). The molecule has 17 heavy (non-hydrogen) atoms. The Morgan fingerprint density at radius 2 is 2.06 bits per heavy atom. The summed E-state index contributed by atoms with van der Waals surface area (Å²) in [6.07, 6.45) is 0.00453. The van der Waals surface area contributed by atoms with Crippen molar-refractivity contribution >= 4 is 23.4 Å². The van der Waals surface area contributed by atoms with Crippen LogP contribution in [-0.2, 0) is 9.53 Å². The van der Waals surface area contributed by atoms with Gasteiger partial charge in [-0.15, -0.1) is 0 Å². The molecule has 0 aliphatic carbocycles. The second kappa shape index (κ2) is 6.35. The van der Waals surface area contributed by atoms with Crippen molar-refractivity contribution in [2.45, 2.75) is 19.8 Å². The molecule has 0 heterocycles. The average molecular weight is 259 g/mol. The van der Waals surface area contributed by atoms with Gasteiger partial charge in [0, 0.05) is 12.0 Å². The molecule has 5 heteroatoms. The number of hydrogen-bond donors (Lipinski definition) is 0. The Morgan fingerprint density at radius 3 is 2.65 bits per heavy atom. The number of halogens is 2. The van der Waals surface area contributed by atoms with E-state index < -0.39 is 11.8 Å². The van der Waals surface area contributed by atoms with Crippen molar-refractivity contribution in [3.8, 4) is 0 Å². The number of carbonyl (C=O) groups excluding carboxylic acids is 2. The van der Waals surface area contributed by atoms with E-state index in [1.807, 2.05) is 0 Å². The van der Waals surface area contributed by atoms with E-state index in [9.17, 15) is 14.0 Å². The van der Waals surface area contributed by atoms with Crippen LogP contribution < -0.4 is 0 Å². The Labute approximate surface area is 104 Å². The molecule has 0 aromatic heterocycles. The van der Waals surface area contributed by atoms with Gasteiger partial charge in [0.15, 0.2) is 5.78 Å². The van der Waals surface area contributed by atoms with E-state index in [1.165, 1.54) is 6.07 Å². The molecule has 1 aromatic rings. The van der Waals surface area contributed by atoms with E-state index in [4.69, 9.17) is 16.3 Å². The fourth-order valence-electron chi connectivity index (χ4n) is 1.30. The third kappa shape index (κ3) is 4.15. The molecule has 0 unspecified atom stereocenters. The third-order valence-corrected chi connectivity index (χ3v) is 2.41. The summed E-state index contributed by atoms with van der Waals surface area (Å²) in [5.74, 6) is -1.24. The monoisotopic (exact) mass is 258 g/mol. The zero-order chi connectivity index (χ0) is 12.8. The Kier molecular flexibility index (Phi) is 5.10. The minimum Gasteiger partial charge on any atom is -0.466 e. The first kappa shape index (κ1) is 13.6. The molecule has 0 radical (unpaired) electrons. The second-order valence-corrected chi connectivity index (χ2v) is 3.76. The number of Topliss-reactive ketones (excluding diaryl/α,β-unsaturated/α-hetero) is 1. The zero-order valence-electron chi connectivity index (χ0n) is 9.33. The highest BCUT2D eigenvalue weighted by atomic mass is 35.5. The summed E-state index contributed by atoms with van der Waals surface area (Å²) in [6, 6.07) is 3.54. The van der Waals surface area contributed by atoms with E-state index in [0.29, 0.717) is 0 Å². The Bertz CT molecular complexity index is 432. The van der Waals surface area contributed by atoms with Gasteiger partial charge in [0.2, 0.25) is 0 Å². The lowest BCUT2D eigenvalue weighted by atomic mass is 10.1. The highest BCUT2D eigenvalue weighted by Gasteiger charge is 2.13. The minimum absolute atomic E-state index is 0.000376. The largest absolute Gasteiger partial charge is 0.466 e. The maximum absolute atomic E-state index is 12.8. The van der Waals surface area contributed by atoms with Crippen LogP contribution in [0.15, 0.2) is 18.2 Å². The van der Waals surface area contributed by atoms with E-state index in [2.05, 4.69) is 0 Å². The summed E-state index contributed by atoms with van der Waals surface area (Å²) in [7, 11) is 0. The van der Waals surface area contributed by atoms with Crippen molar-refractivity contribution in [1.29, 1.82) is 0 Å². The number of ether oxygens (including phenoxy) is 1. The summed E-state index contributed by atoms with van der Waals surface area (Å²) in [5.41, 5.74) is 0.220. The number of carbonyl (C=O) groups is 2. The highest BCUT2D eigenvalue weighted by molar-refractivity contribution is 6.34. The molecule has 0 N–H and O–H groups in total. The van der Waals surface area contributed by atoms with Crippen molar-refractivity contribution in [2.75, 3.05) is 6.61 Å². The first-order valence-electron chi connectivity index (χ1n) is 5.18. The van der Waals surface area contributed by atoms with E-state index in [0.717, 1.165) is 12.1 Å². The number of rotatable bonds is 5. The first-order valence-corrected chi connectivity index (χ1v) is 5.56. The summed E-state index contributed by atoms with van der Waals surface area (Å²) < 4.78 is 17.4. The van der Waals surface area contributed by atoms with Crippen molar-refractivity contribution in [1.82, 2.24) is 0 Å². The van der Waals surface area contributed by atoms with Crippen LogP contribution >= 0.6 is 11.6 Å². The first-order chi connectivity index (χ1) is 8.04. The maximum Gasteiger partial charge on any atom is 0.306 e. The molecule has 3 nitrogen and oxygen atoms in total. The van der Waals surface area contributed by atoms with Gasteiger partial charge in [-0.3, -0.25) is 9.59 Å². The molecule has 0 saturated carbocycles. The molecule has 0 atom stereocenters. The SMILES string of the molecule is CCOC(=O)CCC(=O)c1ccc(F)cc1Cl. The van der Waals surface area contributed by atoms with Gasteiger partial charge < -0.3 is 4.74 Å². The lowest BCUT2D eigenvalue weighted by molar-refractivity contribution is -0.143. The van der Waals surface area contributed by atoms with Crippen LogP contribution in [0.2, 0.25) is 5.02 Å². The van der Waals surface area contributed by atoms with Gasteiger partial charge in [0.1, 0.15) is 5.82 Å². The van der Waals surface area contributed by atoms with Crippen LogP contribution in [0.3, 0.4) is 0 Å². The fraction of sp³-hybridized carbons (Fsp3) is 0.333. The van der Waals surface area contributed by atoms with Crippen molar-refractivity contribution in [3.63, 3.8) is 0 Å². The number of benzene rings is 1.